The number of carbonyl (C=O) groups is 3. The van der Waals surface area contributed by atoms with Gasteiger partial charge in [0.05, 0.1) is 5.41 Å². The van der Waals surface area contributed by atoms with Gasteiger partial charge in [0, 0.05) is 36.8 Å². The molecule has 1 saturated heterocycles. The molecule has 0 atom stereocenters. The third kappa shape index (κ3) is 5.18. The van der Waals surface area contributed by atoms with E-state index in [1.165, 1.54) is 0 Å². The quantitative estimate of drug-likeness (QED) is 0.716. The normalized spacial score (nSPS) is 15.7. The minimum Gasteiger partial charge on any atom is -0.347 e. The largest absolute Gasteiger partial charge is 0.347 e. The van der Waals surface area contributed by atoms with Crippen molar-refractivity contribution in [1.29, 1.82) is 0 Å². The molecule has 1 aliphatic heterocycles. The monoisotopic (exact) mass is 435 g/mol. The van der Waals surface area contributed by atoms with Gasteiger partial charge in [0.25, 0.3) is 5.91 Å². The van der Waals surface area contributed by atoms with E-state index in [9.17, 15) is 14.4 Å². The van der Waals surface area contributed by atoms with Gasteiger partial charge in [-0.2, -0.15) is 0 Å². The molecule has 32 heavy (non-hydrogen) atoms. The maximum absolute atomic E-state index is 13.5. The highest BCUT2D eigenvalue weighted by Crippen LogP contribution is 2.37. The number of anilines is 1. The molecule has 0 unspecified atom stereocenters. The van der Waals surface area contributed by atoms with Crippen molar-refractivity contribution in [3.8, 4) is 0 Å². The van der Waals surface area contributed by atoms with E-state index in [-0.39, 0.29) is 23.3 Å². The lowest BCUT2D eigenvalue weighted by Crippen LogP contribution is -2.50. The van der Waals surface area contributed by atoms with Crippen molar-refractivity contribution in [2.24, 2.45) is 0 Å². The topological polar surface area (TPSA) is 78.5 Å². The van der Waals surface area contributed by atoms with Crippen molar-refractivity contribution in [2.75, 3.05) is 18.4 Å². The highest BCUT2D eigenvalue weighted by atomic mass is 16.2. The smallest absolute Gasteiger partial charge is 0.251 e. The fraction of sp³-hybridized carbons (Fsp3) is 0.423. The van der Waals surface area contributed by atoms with Crippen LogP contribution in [0.5, 0.6) is 0 Å². The Balaban J connectivity index is 1.77. The second-order valence-electron chi connectivity index (χ2n) is 9.18. The van der Waals surface area contributed by atoms with E-state index >= 15 is 0 Å². The van der Waals surface area contributed by atoms with Gasteiger partial charge in [-0.25, -0.2) is 0 Å². The van der Waals surface area contributed by atoms with E-state index < -0.39 is 5.41 Å². The van der Waals surface area contributed by atoms with Crippen molar-refractivity contribution in [3.63, 3.8) is 0 Å². The SMILES string of the molecule is CCC(C)(C)NC(=O)c1ccc(NC(=O)C2(c3ccccc3)CCN(C(C)=O)CC2)cc1. The standard InChI is InChI=1S/C26H33N3O3/c1-5-25(3,4)28-23(31)20-11-13-22(14-12-20)27-24(32)26(21-9-7-6-8-10-21)15-17-29(18-16-26)19(2)30/h6-14H,5,15-18H2,1-4H3,(H,27,32)(H,28,31). The summed E-state index contributed by atoms with van der Waals surface area (Å²) < 4.78 is 0. The van der Waals surface area contributed by atoms with Gasteiger partial charge in [0.15, 0.2) is 0 Å². The summed E-state index contributed by atoms with van der Waals surface area (Å²) >= 11 is 0. The molecule has 3 amide bonds. The summed E-state index contributed by atoms with van der Waals surface area (Å²) in [5.41, 5.74) is 1.18. The molecule has 0 aliphatic carbocycles. The van der Waals surface area contributed by atoms with E-state index in [0.29, 0.717) is 37.2 Å². The van der Waals surface area contributed by atoms with E-state index in [0.717, 1.165) is 12.0 Å². The summed E-state index contributed by atoms with van der Waals surface area (Å²) in [5.74, 6) is -0.185. The van der Waals surface area contributed by atoms with E-state index in [2.05, 4.69) is 10.6 Å². The third-order valence-electron chi connectivity index (χ3n) is 6.56. The first-order chi connectivity index (χ1) is 15.2. The molecule has 170 valence electrons. The van der Waals surface area contributed by atoms with Gasteiger partial charge in [-0.15, -0.1) is 0 Å². The van der Waals surface area contributed by atoms with Crippen LogP contribution in [0.3, 0.4) is 0 Å². The lowest BCUT2D eigenvalue weighted by atomic mass is 9.72. The molecule has 2 aromatic rings. The summed E-state index contributed by atoms with van der Waals surface area (Å²) in [6, 6.07) is 16.7. The van der Waals surface area contributed by atoms with Gasteiger partial charge >= 0.3 is 0 Å². The molecule has 1 heterocycles. The van der Waals surface area contributed by atoms with Gasteiger partial charge in [0.2, 0.25) is 11.8 Å². The van der Waals surface area contributed by atoms with E-state index in [1.54, 1.807) is 36.1 Å². The molecule has 6 heteroatoms. The number of hydrogen-bond acceptors (Lipinski definition) is 3. The molecule has 0 bridgehead atoms. The van der Waals surface area contributed by atoms with Crippen molar-refractivity contribution in [1.82, 2.24) is 10.2 Å². The van der Waals surface area contributed by atoms with Gasteiger partial charge in [-0.05, 0) is 62.9 Å². The molecule has 3 rings (SSSR count). The number of likely N-dealkylation sites (tertiary alicyclic amines) is 1. The number of amides is 3. The second kappa shape index (κ2) is 9.55. The Morgan fingerprint density at radius 3 is 2.09 bits per heavy atom. The van der Waals surface area contributed by atoms with Crippen LogP contribution >= 0.6 is 0 Å². The maximum Gasteiger partial charge on any atom is 0.251 e. The summed E-state index contributed by atoms with van der Waals surface area (Å²) in [6.45, 7) is 8.66. The maximum atomic E-state index is 13.5. The Morgan fingerprint density at radius 2 is 1.56 bits per heavy atom. The first-order valence-electron chi connectivity index (χ1n) is 11.2. The lowest BCUT2D eigenvalue weighted by Gasteiger charge is -2.40. The van der Waals surface area contributed by atoms with Crippen molar-refractivity contribution in [3.05, 3.63) is 65.7 Å². The molecule has 1 fully saturated rings. The zero-order valence-electron chi connectivity index (χ0n) is 19.4. The number of piperidine rings is 1. The van der Waals surface area contributed by atoms with Crippen LogP contribution in [0.25, 0.3) is 0 Å². The first-order valence-corrected chi connectivity index (χ1v) is 11.2. The lowest BCUT2D eigenvalue weighted by molar-refractivity contribution is -0.133. The molecule has 2 N–H and O–H groups in total. The Labute approximate surface area is 190 Å². The Bertz CT molecular complexity index is 960. The molecular weight excluding hydrogens is 402 g/mol. The van der Waals surface area contributed by atoms with Gasteiger partial charge in [-0.1, -0.05) is 37.3 Å². The fourth-order valence-corrected chi connectivity index (χ4v) is 4.03. The number of carbonyl (C=O) groups excluding carboxylic acids is 3. The molecule has 0 radical (unpaired) electrons. The summed E-state index contributed by atoms with van der Waals surface area (Å²) in [6.07, 6.45) is 1.96. The number of nitrogens with one attached hydrogen (secondary N) is 2. The Morgan fingerprint density at radius 1 is 0.969 bits per heavy atom. The summed E-state index contributed by atoms with van der Waals surface area (Å²) in [7, 11) is 0. The van der Waals surface area contributed by atoms with Gasteiger partial charge in [0.1, 0.15) is 0 Å². The van der Waals surface area contributed by atoms with E-state index in [1.807, 2.05) is 51.1 Å². The van der Waals surface area contributed by atoms with Crippen LogP contribution in [-0.4, -0.2) is 41.2 Å². The number of benzene rings is 2. The van der Waals surface area contributed by atoms with Crippen LogP contribution in [0.2, 0.25) is 0 Å². The summed E-state index contributed by atoms with van der Waals surface area (Å²) in [4.78, 5) is 39.6. The molecule has 0 spiro atoms. The second-order valence-corrected chi connectivity index (χ2v) is 9.18. The minimum absolute atomic E-state index is 0.0344. The van der Waals surface area contributed by atoms with E-state index in [4.69, 9.17) is 0 Å². The summed E-state index contributed by atoms with van der Waals surface area (Å²) in [5, 5.41) is 6.06. The minimum atomic E-state index is -0.700. The van der Waals surface area contributed by atoms with Crippen LogP contribution in [0.15, 0.2) is 54.6 Å². The van der Waals surface area contributed by atoms with Gasteiger partial charge in [-0.3, -0.25) is 14.4 Å². The van der Waals surface area contributed by atoms with Crippen molar-refractivity contribution in [2.45, 2.75) is 57.9 Å². The van der Waals surface area contributed by atoms with Crippen LogP contribution in [0.1, 0.15) is 62.9 Å². The Hall–Kier alpha value is -3.15. The zero-order chi connectivity index (χ0) is 23.4. The predicted molar refractivity (Wildman–Crippen MR) is 127 cm³/mol. The fourth-order valence-electron chi connectivity index (χ4n) is 4.03. The van der Waals surface area contributed by atoms with Crippen LogP contribution in [-0.2, 0) is 15.0 Å². The van der Waals surface area contributed by atoms with Crippen LogP contribution in [0.4, 0.5) is 5.69 Å². The number of hydrogen-bond donors (Lipinski definition) is 2. The predicted octanol–water partition coefficient (Wildman–Crippen LogP) is 4.12. The average Bonchev–Trinajstić information content (AvgIpc) is 2.79. The number of nitrogens with zero attached hydrogens (tertiary/aromatic N) is 1. The zero-order valence-corrected chi connectivity index (χ0v) is 19.4. The number of rotatable bonds is 6. The van der Waals surface area contributed by atoms with Crippen LogP contribution < -0.4 is 10.6 Å². The van der Waals surface area contributed by atoms with Crippen molar-refractivity contribution < 1.29 is 14.4 Å². The molecule has 6 nitrogen and oxygen atoms in total. The van der Waals surface area contributed by atoms with Gasteiger partial charge < -0.3 is 15.5 Å². The molecule has 2 aromatic carbocycles. The molecule has 0 aromatic heterocycles. The first kappa shape index (κ1) is 23.5. The molecular formula is C26H33N3O3. The van der Waals surface area contributed by atoms with Crippen LogP contribution in [0, 0.1) is 0 Å². The average molecular weight is 436 g/mol. The highest BCUT2D eigenvalue weighted by molar-refractivity contribution is 6.00. The highest BCUT2D eigenvalue weighted by Gasteiger charge is 2.43. The molecule has 1 aliphatic rings. The Kier molecular flexibility index (Phi) is 7.02. The molecule has 0 saturated carbocycles. The van der Waals surface area contributed by atoms with Crippen molar-refractivity contribution >= 4 is 23.4 Å². The third-order valence-corrected chi connectivity index (χ3v) is 6.56.